The lowest BCUT2D eigenvalue weighted by Gasteiger charge is -2.09. The number of benzene rings is 2. The monoisotopic (exact) mass is 291 g/mol. The van der Waals surface area contributed by atoms with Crippen LogP contribution in [0.5, 0.6) is 0 Å². The van der Waals surface area contributed by atoms with Gasteiger partial charge in [-0.05, 0) is 29.8 Å². The van der Waals surface area contributed by atoms with E-state index in [4.69, 9.17) is 0 Å². The van der Waals surface area contributed by atoms with Gasteiger partial charge in [0.1, 0.15) is 5.69 Å². The largest absolute Gasteiger partial charge is 0.350 e. The Morgan fingerprint density at radius 2 is 1.77 bits per heavy atom. The molecule has 0 aliphatic heterocycles. The lowest BCUT2D eigenvalue weighted by molar-refractivity contribution is -0.383. The van der Waals surface area contributed by atoms with Crippen LogP contribution >= 0.6 is 0 Å². The summed E-state index contributed by atoms with van der Waals surface area (Å²) < 4.78 is 0. The van der Waals surface area contributed by atoms with Gasteiger partial charge in [-0.1, -0.05) is 30.3 Å². The molecule has 5 nitrogen and oxygen atoms in total. The molecular weight excluding hydrogens is 278 g/mol. The highest BCUT2D eigenvalue weighted by molar-refractivity contribution is 5.73. The molecule has 0 fully saturated rings. The Hall–Kier alpha value is -3.21. The molecular formula is C17H13N3O2. The van der Waals surface area contributed by atoms with Gasteiger partial charge in [0.25, 0.3) is 5.69 Å². The first kappa shape index (κ1) is 13.8. The summed E-state index contributed by atoms with van der Waals surface area (Å²) in [6.07, 6.45) is 3.50. The molecule has 0 radical (unpaired) electrons. The number of pyridine rings is 1. The molecule has 0 unspecified atom stereocenters. The van der Waals surface area contributed by atoms with Crippen LogP contribution < -0.4 is 5.32 Å². The first-order valence-corrected chi connectivity index (χ1v) is 6.75. The van der Waals surface area contributed by atoms with E-state index in [1.54, 1.807) is 30.6 Å². The predicted molar refractivity (Wildman–Crippen MR) is 86.1 cm³/mol. The van der Waals surface area contributed by atoms with Crippen molar-refractivity contribution in [1.29, 1.82) is 0 Å². The number of nitrogens with zero attached hydrogens (tertiary/aromatic N) is 2. The van der Waals surface area contributed by atoms with Gasteiger partial charge in [0.05, 0.1) is 4.92 Å². The second-order valence-corrected chi connectivity index (χ2v) is 4.72. The van der Waals surface area contributed by atoms with E-state index in [1.165, 1.54) is 6.07 Å². The third kappa shape index (κ3) is 2.93. The maximum Gasteiger partial charge on any atom is 0.292 e. The van der Waals surface area contributed by atoms with Crippen molar-refractivity contribution in [2.24, 2.45) is 0 Å². The molecule has 0 spiro atoms. The number of anilines is 2. The molecule has 2 aromatic carbocycles. The standard InChI is InChI=1S/C17H13N3O2/c21-20(22)17-9-2-1-8-16(17)19-15-7-3-5-13(11-15)14-6-4-10-18-12-14/h1-12,19H. The predicted octanol–water partition coefficient (Wildman–Crippen LogP) is 4.40. The van der Waals surface area contributed by atoms with Crippen molar-refractivity contribution >= 4 is 17.1 Å². The van der Waals surface area contributed by atoms with Gasteiger partial charge in [0.2, 0.25) is 0 Å². The molecule has 0 aliphatic carbocycles. The lowest BCUT2D eigenvalue weighted by Crippen LogP contribution is -1.96. The summed E-state index contributed by atoms with van der Waals surface area (Å²) in [5, 5.41) is 14.2. The minimum Gasteiger partial charge on any atom is -0.350 e. The summed E-state index contributed by atoms with van der Waals surface area (Å²) in [6, 6.07) is 18.1. The Bertz CT molecular complexity index is 804. The Labute approximate surface area is 127 Å². The highest BCUT2D eigenvalue weighted by atomic mass is 16.6. The second kappa shape index (κ2) is 6.05. The highest BCUT2D eigenvalue weighted by Gasteiger charge is 2.12. The van der Waals surface area contributed by atoms with Crippen molar-refractivity contribution in [1.82, 2.24) is 4.98 Å². The van der Waals surface area contributed by atoms with Gasteiger partial charge < -0.3 is 5.32 Å². The maximum atomic E-state index is 11.1. The zero-order chi connectivity index (χ0) is 15.4. The van der Waals surface area contributed by atoms with E-state index in [1.807, 2.05) is 36.4 Å². The normalized spacial score (nSPS) is 10.2. The molecule has 0 atom stereocenters. The van der Waals surface area contributed by atoms with Gasteiger partial charge >= 0.3 is 0 Å². The average Bonchev–Trinajstić information content (AvgIpc) is 2.56. The Morgan fingerprint density at radius 3 is 2.55 bits per heavy atom. The van der Waals surface area contributed by atoms with E-state index in [2.05, 4.69) is 10.3 Å². The fourth-order valence-electron chi connectivity index (χ4n) is 2.20. The molecule has 0 saturated heterocycles. The molecule has 0 amide bonds. The molecule has 1 N–H and O–H groups in total. The van der Waals surface area contributed by atoms with Gasteiger partial charge in [0, 0.05) is 29.7 Å². The van der Waals surface area contributed by atoms with Gasteiger partial charge in [-0.15, -0.1) is 0 Å². The minimum atomic E-state index is -0.396. The summed E-state index contributed by atoms with van der Waals surface area (Å²) in [5.74, 6) is 0. The number of hydrogen-bond acceptors (Lipinski definition) is 4. The number of hydrogen-bond donors (Lipinski definition) is 1. The minimum absolute atomic E-state index is 0.0503. The fourth-order valence-corrected chi connectivity index (χ4v) is 2.20. The molecule has 0 aliphatic rings. The maximum absolute atomic E-state index is 11.1. The van der Waals surface area contributed by atoms with Gasteiger partial charge in [-0.25, -0.2) is 0 Å². The summed E-state index contributed by atoms with van der Waals surface area (Å²) >= 11 is 0. The Balaban J connectivity index is 1.93. The average molecular weight is 291 g/mol. The molecule has 108 valence electrons. The number of nitro groups is 1. The molecule has 1 aromatic heterocycles. The van der Waals surface area contributed by atoms with Gasteiger partial charge in [-0.2, -0.15) is 0 Å². The topological polar surface area (TPSA) is 68.1 Å². The van der Waals surface area contributed by atoms with Gasteiger partial charge in [-0.3, -0.25) is 15.1 Å². The van der Waals surface area contributed by atoms with E-state index in [0.717, 1.165) is 16.8 Å². The summed E-state index contributed by atoms with van der Waals surface area (Å²) in [6.45, 7) is 0. The molecule has 3 aromatic rings. The summed E-state index contributed by atoms with van der Waals surface area (Å²) in [7, 11) is 0. The molecule has 0 saturated carbocycles. The van der Waals surface area contributed by atoms with E-state index in [-0.39, 0.29) is 5.69 Å². The number of para-hydroxylation sites is 2. The van der Waals surface area contributed by atoms with Crippen LogP contribution in [0.25, 0.3) is 11.1 Å². The van der Waals surface area contributed by atoms with Crippen molar-refractivity contribution in [3.8, 4) is 11.1 Å². The first-order valence-electron chi connectivity index (χ1n) is 6.75. The van der Waals surface area contributed by atoms with Crippen molar-refractivity contribution in [2.75, 3.05) is 5.32 Å². The third-order valence-corrected chi connectivity index (χ3v) is 3.24. The molecule has 3 rings (SSSR count). The number of aromatic nitrogens is 1. The van der Waals surface area contributed by atoms with Crippen LogP contribution in [0.2, 0.25) is 0 Å². The lowest BCUT2D eigenvalue weighted by atomic mass is 10.1. The summed E-state index contributed by atoms with van der Waals surface area (Å²) in [4.78, 5) is 14.8. The molecule has 5 heteroatoms. The van der Waals surface area contributed by atoms with Crippen molar-refractivity contribution in [3.63, 3.8) is 0 Å². The highest BCUT2D eigenvalue weighted by Crippen LogP contribution is 2.29. The van der Waals surface area contributed by atoms with Gasteiger partial charge in [0.15, 0.2) is 0 Å². The van der Waals surface area contributed by atoms with Crippen molar-refractivity contribution in [2.45, 2.75) is 0 Å². The Morgan fingerprint density at radius 1 is 0.955 bits per heavy atom. The fraction of sp³-hybridized carbons (Fsp3) is 0. The van der Waals surface area contributed by atoms with E-state index < -0.39 is 4.92 Å². The van der Waals surface area contributed by atoms with Crippen LogP contribution in [0.3, 0.4) is 0 Å². The van der Waals surface area contributed by atoms with Crippen LogP contribution in [-0.4, -0.2) is 9.91 Å². The van der Waals surface area contributed by atoms with Crippen LogP contribution in [0, 0.1) is 10.1 Å². The van der Waals surface area contributed by atoms with Crippen LogP contribution in [0.4, 0.5) is 17.1 Å². The van der Waals surface area contributed by atoms with E-state index in [9.17, 15) is 10.1 Å². The van der Waals surface area contributed by atoms with E-state index in [0.29, 0.717) is 5.69 Å². The summed E-state index contributed by atoms with van der Waals surface area (Å²) in [5.41, 5.74) is 3.30. The van der Waals surface area contributed by atoms with Crippen molar-refractivity contribution in [3.05, 3.63) is 83.2 Å². The number of nitro benzene ring substituents is 1. The molecule has 0 bridgehead atoms. The third-order valence-electron chi connectivity index (χ3n) is 3.24. The van der Waals surface area contributed by atoms with Crippen molar-refractivity contribution < 1.29 is 4.92 Å². The zero-order valence-electron chi connectivity index (χ0n) is 11.6. The second-order valence-electron chi connectivity index (χ2n) is 4.72. The van der Waals surface area contributed by atoms with Crippen LogP contribution in [0.1, 0.15) is 0 Å². The Kier molecular flexibility index (Phi) is 3.78. The quantitative estimate of drug-likeness (QED) is 0.571. The molecule has 22 heavy (non-hydrogen) atoms. The smallest absolute Gasteiger partial charge is 0.292 e. The number of rotatable bonds is 4. The SMILES string of the molecule is O=[N+]([O-])c1ccccc1Nc1cccc(-c2cccnc2)c1. The zero-order valence-corrected chi connectivity index (χ0v) is 11.6. The van der Waals surface area contributed by atoms with E-state index >= 15 is 0 Å². The van der Waals surface area contributed by atoms with Crippen LogP contribution in [0.15, 0.2) is 73.1 Å². The van der Waals surface area contributed by atoms with Crippen LogP contribution in [-0.2, 0) is 0 Å². The molecule has 1 heterocycles. The number of nitrogens with one attached hydrogen (secondary N) is 1. The first-order chi connectivity index (χ1) is 10.7.